The van der Waals surface area contributed by atoms with Crippen LogP contribution in [-0.4, -0.2) is 72.6 Å². The predicted octanol–water partition coefficient (Wildman–Crippen LogP) is 6.04. The van der Waals surface area contributed by atoms with Crippen molar-refractivity contribution in [2.45, 2.75) is 13.8 Å². The maximum absolute atomic E-state index is 10.6. The Kier molecular flexibility index (Phi) is 18.0. The van der Waals surface area contributed by atoms with Crippen molar-refractivity contribution in [3.8, 4) is 34.5 Å². The van der Waals surface area contributed by atoms with E-state index in [4.69, 9.17) is 29.2 Å². The number of carbonyl (C=O) groups is 4. The maximum Gasteiger partial charge on any atom is 0.311 e. The molecular formula is C34H34N2O14. The van der Waals surface area contributed by atoms with Crippen LogP contribution in [0.15, 0.2) is 72.8 Å². The van der Waals surface area contributed by atoms with E-state index in [2.05, 4.69) is 0 Å². The van der Waals surface area contributed by atoms with Gasteiger partial charge in [-0.25, -0.2) is 0 Å². The van der Waals surface area contributed by atoms with Crippen molar-refractivity contribution >= 4 is 36.5 Å². The molecule has 0 aliphatic carbocycles. The van der Waals surface area contributed by atoms with Crippen LogP contribution in [0.5, 0.6) is 34.5 Å². The number of aldehydes is 4. The number of phenolic OH excluding ortho intramolecular Hbond substituents is 2. The van der Waals surface area contributed by atoms with Gasteiger partial charge >= 0.3 is 11.4 Å². The van der Waals surface area contributed by atoms with Crippen LogP contribution in [0.25, 0.3) is 0 Å². The minimum Gasteiger partial charge on any atom is -0.504 e. The lowest BCUT2D eigenvalue weighted by Crippen LogP contribution is -1.98. The fraction of sp³-hybridized carbons (Fsp3) is 0.176. The number of ether oxygens (including phenoxy) is 4. The predicted molar refractivity (Wildman–Crippen MR) is 179 cm³/mol. The maximum atomic E-state index is 10.6. The van der Waals surface area contributed by atoms with Gasteiger partial charge in [0, 0.05) is 34.4 Å². The average molecular weight is 695 g/mol. The van der Waals surface area contributed by atoms with E-state index in [1.165, 1.54) is 49.6 Å². The molecule has 0 atom stereocenters. The number of hydrogen-bond acceptors (Lipinski definition) is 14. The fourth-order valence-corrected chi connectivity index (χ4v) is 3.59. The molecule has 4 aromatic rings. The van der Waals surface area contributed by atoms with Crippen LogP contribution in [0.2, 0.25) is 0 Å². The van der Waals surface area contributed by atoms with Gasteiger partial charge in [-0.05, 0) is 74.5 Å². The Morgan fingerprint density at radius 1 is 0.540 bits per heavy atom. The second kappa shape index (κ2) is 21.9. The van der Waals surface area contributed by atoms with E-state index in [1.807, 2.05) is 6.92 Å². The molecule has 0 aliphatic heterocycles. The van der Waals surface area contributed by atoms with Crippen LogP contribution >= 0.6 is 0 Å². The first kappa shape index (κ1) is 41.2. The van der Waals surface area contributed by atoms with E-state index in [1.54, 1.807) is 32.2 Å². The average Bonchev–Trinajstić information content (AvgIpc) is 3.13. The SMILES string of the molecule is CCOc1ccc(C=O)cc1OC.CCOc1ccc(C=O)cc1[N+](=O)[O-].COc1cc(C=O)ccc1O.O=Cc1ccc(O)c([N+](=O)[O-])c1. The zero-order valence-corrected chi connectivity index (χ0v) is 27.3. The third-order valence-corrected chi connectivity index (χ3v) is 5.91. The summed E-state index contributed by atoms with van der Waals surface area (Å²) >= 11 is 0. The van der Waals surface area contributed by atoms with Gasteiger partial charge in [0.2, 0.25) is 0 Å². The van der Waals surface area contributed by atoms with E-state index in [0.29, 0.717) is 60.4 Å². The first-order chi connectivity index (χ1) is 23.9. The lowest BCUT2D eigenvalue weighted by Gasteiger charge is -2.08. The summed E-state index contributed by atoms with van der Waals surface area (Å²) in [5, 5.41) is 38.8. The van der Waals surface area contributed by atoms with Gasteiger partial charge in [0.1, 0.15) is 25.1 Å². The van der Waals surface area contributed by atoms with E-state index in [9.17, 15) is 39.4 Å². The molecule has 264 valence electrons. The zero-order valence-electron chi connectivity index (χ0n) is 27.3. The van der Waals surface area contributed by atoms with Gasteiger partial charge < -0.3 is 29.2 Å². The van der Waals surface area contributed by atoms with E-state index >= 15 is 0 Å². The van der Waals surface area contributed by atoms with Gasteiger partial charge in [-0.3, -0.25) is 39.4 Å². The van der Waals surface area contributed by atoms with Crippen LogP contribution in [0, 0.1) is 20.2 Å². The van der Waals surface area contributed by atoms with Crippen molar-refractivity contribution in [2.75, 3.05) is 27.4 Å². The Hall–Kier alpha value is -6.84. The van der Waals surface area contributed by atoms with E-state index in [0.717, 1.165) is 18.4 Å². The molecule has 4 rings (SSSR count). The summed E-state index contributed by atoms with van der Waals surface area (Å²) in [4.78, 5) is 60.7. The summed E-state index contributed by atoms with van der Waals surface area (Å²) in [7, 11) is 2.98. The summed E-state index contributed by atoms with van der Waals surface area (Å²) in [6, 6.07) is 17.0. The van der Waals surface area contributed by atoms with E-state index < -0.39 is 21.3 Å². The molecule has 0 bridgehead atoms. The first-order valence-electron chi connectivity index (χ1n) is 14.3. The van der Waals surface area contributed by atoms with Gasteiger partial charge in [-0.1, -0.05) is 0 Å². The third-order valence-electron chi connectivity index (χ3n) is 5.91. The number of nitrogens with zero attached hydrogens (tertiary/aromatic N) is 2. The van der Waals surface area contributed by atoms with Crippen LogP contribution in [-0.2, 0) is 0 Å². The van der Waals surface area contributed by atoms with Crippen molar-refractivity contribution in [1.82, 2.24) is 0 Å². The smallest absolute Gasteiger partial charge is 0.311 e. The van der Waals surface area contributed by atoms with Crippen LogP contribution < -0.4 is 18.9 Å². The Bertz CT molecular complexity index is 1780. The van der Waals surface area contributed by atoms with Crippen molar-refractivity contribution < 1.29 is 58.2 Å². The Labute approximate surface area is 285 Å². The molecule has 0 saturated heterocycles. The third kappa shape index (κ3) is 13.1. The molecule has 0 unspecified atom stereocenters. The highest BCUT2D eigenvalue weighted by atomic mass is 16.6. The Morgan fingerprint density at radius 2 is 0.920 bits per heavy atom. The second-order valence-electron chi connectivity index (χ2n) is 9.17. The summed E-state index contributed by atoms with van der Waals surface area (Å²) < 4.78 is 20.2. The lowest BCUT2D eigenvalue weighted by atomic mass is 10.2. The van der Waals surface area contributed by atoms with Gasteiger partial charge in [-0.15, -0.1) is 0 Å². The molecule has 16 nitrogen and oxygen atoms in total. The molecule has 4 aromatic carbocycles. The molecular weight excluding hydrogens is 660 g/mol. The molecule has 0 spiro atoms. The molecule has 0 amide bonds. The summed E-state index contributed by atoms with van der Waals surface area (Å²) in [6.07, 6.45) is 2.51. The molecule has 2 N–H and O–H groups in total. The van der Waals surface area contributed by atoms with E-state index in [-0.39, 0.29) is 28.3 Å². The highest BCUT2D eigenvalue weighted by Crippen LogP contribution is 2.29. The number of methoxy groups -OCH3 is 2. The molecule has 0 heterocycles. The summed E-state index contributed by atoms with van der Waals surface area (Å²) in [5.74, 6) is 1.35. The number of aromatic hydroxyl groups is 2. The number of benzene rings is 4. The van der Waals surface area contributed by atoms with Gasteiger partial charge in [-0.2, -0.15) is 0 Å². The quantitative estimate of drug-likeness (QED) is 0.0978. The number of phenols is 2. The highest BCUT2D eigenvalue weighted by Gasteiger charge is 2.15. The monoisotopic (exact) mass is 694 g/mol. The standard InChI is InChI=1S/C10H12O3.C9H9NO4.C8H8O3.C7H5NO4/c1-3-13-9-5-4-8(7-11)6-10(9)12-2;1-2-14-9-4-3-7(6-11)5-8(9)10(12)13;1-11-8-4-6(5-9)2-3-7(8)10;9-4-5-1-2-7(10)6(3-5)8(11)12/h4-7H,3H2,1-2H3;3-6H,2H2,1H3;2-5,10H,1H3;1-4,10H. The largest absolute Gasteiger partial charge is 0.504 e. The number of nitro benzene ring substituents is 2. The number of rotatable bonds is 12. The summed E-state index contributed by atoms with van der Waals surface area (Å²) in [6.45, 7) is 4.56. The van der Waals surface area contributed by atoms with Crippen LogP contribution in [0.3, 0.4) is 0 Å². The number of hydrogen-bond donors (Lipinski definition) is 2. The molecule has 50 heavy (non-hydrogen) atoms. The molecule has 0 saturated carbocycles. The highest BCUT2D eigenvalue weighted by molar-refractivity contribution is 5.78. The Morgan fingerprint density at radius 3 is 1.36 bits per heavy atom. The van der Waals surface area contributed by atoms with Gasteiger partial charge in [0.05, 0.1) is 37.3 Å². The van der Waals surface area contributed by atoms with Crippen molar-refractivity contribution in [3.05, 3.63) is 115 Å². The van der Waals surface area contributed by atoms with Gasteiger partial charge in [0.15, 0.2) is 34.5 Å². The second-order valence-corrected chi connectivity index (χ2v) is 9.17. The zero-order chi connectivity index (χ0) is 37.6. The Balaban J connectivity index is 0.000000335. The number of carbonyl (C=O) groups excluding carboxylic acids is 4. The number of nitro groups is 2. The molecule has 16 heteroatoms. The van der Waals surface area contributed by atoms with Crippen LogP contribution in [0.4, 0.5) is 11.4 Å². The lowest BCUT2D eigenvalue weighted by molar-refractivity contribution is -0.386. The fourth-order valence-electron chi connectivity index (χ4n) is 3.59. The van der Waals surface area contributed by atoms with Crippen molar-refractivity contribution in [1.29, 1.82) is 0 Å². The topological polar surface area (TPSA) is 232 Å². The van der Waals surface area contributed by atoms with Gasteiger partial charge in [0.25, 0.3) is 0 Å². The minimum absolute atomic E-state index is 0.0399. The molecule has 0 aliphatic rings. The van der Waals surface area contributed by atoms with Crippen LogP contribution in [0.1, 0.15) is 55.3 Å². The van der Waals surface area contributed by atoms with Crippen molar-refractivity contribution in [3.63, 3.8) is 0 Å². The normalized spacial score (nSPS) is 9.36. The molecule has 0 radical (unpaired) electrons. The molecule has 0 aromatic heterocycles. The summed E-state index contributed by atoms with van der Waals surface area (Å²) in [5.41, 5.74) is 0.857. The molecule has 0 fully saturated rings. The minimum atomic E-state index is -0.748. The van der Waals surface area contributed by atoms with Crippen molar-refractivity contribution in [2.24, 2.45) is 0 Å². The first-order valence-corrected chi connectivity index (χ1v) is 14.3.